The van der Waals surface area contributed by atoms with Gasteiger partial charge in [0.1, 0.15) is 5.01 Å². The number of aryl methyl sites for hydroxylation is 1. The van der Waals surface area contributed by atoms with Crippen LogP contribution < -0.4 is 10.6 Å². The topological polar surface area (TPSA) is 92.2 Å². The van der Waals surface area contributed by atoms with Crippen LogP contribution in [0.5, 0.6) is 0 Å². The maximum Gasteiger partial charge on any atom is 0.321 e. The van der Waals surface area contributed by atoms with Crippen LogP contribution >= 0.6 is 11.3 Å². The van der Waals surface area contributed by atoms with Crippen molar-refractivity contribution in [2.24, 2.45) is 7.05 Å². The van der Waals surface area contributed by atoms with Crippen LogP contribution in [0.2, 0.25) is 0 Å². The summed E-state index contributed by atoms with van der Waals surface area (Å²) in [6, 6.07) is 7.61. The number of piperidine rings is 1. The third-order valence-corrected chi connectivity index (χ3v) is 5.72. The van der Waals surface area contributed by atoms with Crippen LogP contribution in [-0.2, 0) is 7.05 Å². The Hall–Kier alpha value is -3.20. The molecule has 8 nitrogen and oxygen atoms in total. The van der Waals surface area contributed by atoms with E-state index < -0.39 is 0 Å². The number of anilines is 1. The molecule has 150 valence electrons. The second-order valence-electron chi connectivity index (χ2n) is 6.98. The van der Waals surface area contributed by atoms with Crippen LogP contribution in [0.25, 0.3) is 10.6 Å². The Morgan fingerprint density at radius 1 is 1.17 bits per heavy atom. The Bertz CT molecular complexity index is 975. The van der Waals surface area contributed by atoms with Crippen molar-refractivity contribution in [3.63, 3.8) is 0 Å². The molecule has 0 saturated carbocycles. The maximum absolute atomic E-state index is 12.5. The number of likely N-dealkylation sites (tertiary alicyclic amines) is 1. The number of hydrogen-bond acceptors (Lipinski definition) is 5. The molecule has 1 saturated heterocycles. The van der Waals surface area contributed by atoms with Gasteiger partial charge in [0, 0.05) is 55.2 Å². The minimum Gasteiger partial charge on any atom is -0.349 e. The molecule has 1 aliphatic rings. The highest BCUT2D eigenvalue weighted by Gasteiger charge is 2.24. The van der Waals surface area contributed by atoms with E-state index in [1.807, 2.05) is 29.6 Å². The van der Waals surface area contributed by atoms with E-state index in [1.54, 1.807) is 46.6 Å². The summed E-state index contributed by atoms with van der Waals surface area (Å²) in [4.78, 5) is 30.8. The highest BCUT2D eigenvalue weighted by atomic mass is 32.1. The molecule has 0 unspecified atom stereocenters. The molecule has 3 amide bonds. The van der Waals surface area contributed by atoms with E-state index in [4.69, 9.17) is 0 Å². The Kier molecular flexibility index (Phi) is 5.57. The van der Waals surface area contributed by atoms with Crippen molar-refractivity contribution in [3.05, 3.63) is 53.8 Å². The lowest BCUT2D eigenvalue weighted by Crippen LogP contribution is -2.47. The fraction of sp³-hybridized carbons (Fsp3) is 0.300. The van der Waals surface area contributed by atoms with E-state index in [2.05, 4.69) is 20.7 Å². The number of thiazole rings is 1. The van der Waals surface area contributed by atoms with E-state index in [-0.39, 0.29) is 18.0 Å². The molecule has 2 aromatic heterocycles. The molecule has 1 fully saturated rings. The lowest BCUT2D eigenvalue weighted by molar-refractivity contribution is 0.0919. The van der Waals surface area contributed by atoms with E-state index in [1.165, 1.54) is 0 Å². The number of nitrogens with one attached hydrogen (secondary N) is 2. The SMILES string of the molecule is Cn1cc(C(=O)NC2CCN(C(=O)Nc3ccc(-c4nccs4)cc3)CC2)cn1. The Labute approximate surface area is 172 Å². The standard InChI is InChI=1S/C20H22N6O2S/c1-25-13-15(12-22-25)18(27)23-17-6-9-26(10-7-17)20(28)24-16-4-2-14(3-5-16)19-21-8-11-29-19/h2-5,8,11-13,17H,6-7,9-10H2,1H3,(H,23,27)(H,24,28). The monoisotopic (exact) mass is 410 g/mol. The molecule has 1 aromatic carbocycles. The van der Waals surface area contributed by atoms with Crippen molar-refractivity contribution in [1.29, 1.82) is 0 Å². The van der Waals surface area contributed by atoms with Gasteiger partial charge in [-0.05, 0) is 37.1 Å². The molecule has 29 heavy (non-hydrogen) atoms. The van der Waals surface area contributed by atoms with Crippen molar-refractivity contribution in [2.75, 3.05) is 18.4 Å². The molecular weight excluding hydrogens is 388 g/mol. The van der Waals surface area contributed by atoms with Crippen LogP contribution in [0.4, 0.5) is 10.5 Å². The van der Waals surface area contributed by atoms with Gasteiger partial charge in [0.05, 0.1) is 11.8 Å². The van der Waals surface area contributed by atoms with Crippen molar-refractivity contribution in [2.45, 2.75) is 18.9 Å². The molecule has 4 rings (SSSR count). The lowest BCUT2D eigenvalue weighted by Gasteiger charge is -2.32. The van der Waals surface area contributed by atoms with Gasteiger partial charge in [-0.15, -0.1) is 11.3 Å². The largest absolute Gasteiger partial charge is 0.349 e. The third-order valence-electron chi connectivity index (χ3n) is 4.90. The van der Waals surface area contributed by atoms with Crippen molar-refractivity contribution >= 4 is 29.0 Å². The zero-order valence-electron chi connectivity index (χ0n) is 16.0. The zero-order chi connectivity index (χ0) is 20.2. The number of carbonyl (C=O) groups excluding carboxylic acids is 2. The number of hydrogen-bond donors (Lipinski definition) is 2. The molecule has 1 aliphatic heterocycles. The quantitative estimate of drug-likeness (QED) is 0.692. The van der Waals surface area contributed by atoms with Gasteiger partial charge in [0.15, 0.2) is 0 Å². The van der Waals surface area contributed by atoms with Gasteiger partial charge in [-0.2, -0.15) is 5.10 Å². The van der Waals surface area contributed by atoms with E-state index in [0.29, 0.717) is 18.7 Å². The summed E-state index contributed by atoms with van der Waals surface area (Å²) in [7, 11) is 1.78. The Morgan fingerprint density at radius 3 is 2.55 bits per heavy atom. The number of nitrogens with zero attached hydrogens (tertiary/aromatic N) is 4. The van der Waals surface area contributed by atoms with Crippen molar-refractivity contribution < 1.29 is 9.59 Å². The molecule has 0 atom stereocenters. The molecule has 3 aromatic rings. The number of amides is 3. The number of urea groups is 1. The van der Waals surface area contributed by atoms with Gasteiger partial charge in [0.25, 0.3) is 5.91 Å². The number of carbonyl (C=O) groups is 2. The van der Waals surface area contributed by atoms with Crippen molar-refractivity contribution in [3.8, 4) is 10.6 Å². The highest BCUT2D eigenvalue weighted by molar-refractivity contribution is 7.13. The van der Waals surface area contributed by atoms with Crippen LogP contribution in [-0.4, -0.2) is 50.7 Å². The second kappa shape index (κ2) is 8.44. The molecule has 9 heteroatoms. The van der Waals surface area contributed by atoms with Gasteiger partial charge in [-0.25, -0.2) is 9.78 Å². The average Bonchev–Trinajstić information content (AvgIpc) is 3.41. The van der Waals surface area contributed by atoms with Crippen LogP contribution in [0, 0.1) is 0 Å². The smallest absolute Gasteiger partial charge is 0.321 e. The molecule has 3 heterocycles. The predicted octanol–water partition coefficient (Wildman–Crippen LogP) is 2.97. The van der Waals surface area contributed by atoms with Gasteiger partial charge >= 0.3 is 6.03 Å². The highest BCUT2D eigenvalue weighted by Crippen LogP contribution is 2.23. The zero-order valence-corrected chi connectivity index (χ0v) is 16.9. The molecule has 2 N–H and O–H groups in total. The maximum atomic E-state index is 12.5. The first-order valence-corrected chi connectivity index (χ1v) is 10.3. The van der Waals surface area contributed by atoms with Crippen molar-refractivity contribution in [1.82, 2.24) is 25.0 Å². The Morgan fingerprint density at radius 2 is 1.93 bits per heavy atom. The lowest BCUT2D eigenvalue weighted by atomic mass is 10.0. The van der Waals surface area contributed by atoms with Gasteiger partial charge in [-0.3, -0.25) is 9.48 Å². The van der Waals surface area contributed by atoms with Crippen LogP contribution in [0.1, 0.15) is 23.2 Å². The fourth-order valence-corrected chi connectivity index (χ4v) is 3.94. The second-order valence-corrected chi connectivity index (χ2v) is 7.88. The van der Waals surface area contributed by atoms with E-state index in [0.717, 1.165) is 29.1 Å². The normalized spacial score (nSPS) is 14.6. The minimum absolute atomic E-state index is 0.0596. The molecular formula is C20H22N6O2S. The summed E-state index contributed by atoms with van der Waals surface area (Å²) in [5.74, 6) is -0.124. The minimum atomic E-state index is -0.124. The number of aromatic nitrogens is 3. The third kappa shape index (κ3) is 4.62. The van der Waals surface area contributed by atoms with Crippen LogP contribution in [0.15, 0.2) is 48.2 Å². The van der Waals surface area contributed by atoms with Crippen LogP contribution in [0.3, 0.4) is 0 Å². The molecule has 0 bridgehead atoms. The fourth-order valence-electron chi connectivity index (χ4n) is 3.30. The summed E-state index contributed by atoms with van der Waals surface area (Å²) in [5.41, 5.74) is 2.33. The first-order chi connectivity index (χ1) is 14.1. The average molecular weight is 411 g/mol. The summed E-state index contributed by atoms with van der Waals surface area (Å²) in [5, 5.41) is 12.9. The first-order valence-electron chi connectivity index (χ1n) is 9.44. The molecule has 0 aliphatic carbocycles. The van der Waals surface area contributed by atoms with E-state index in [9.17, 15) is 9.59 Å². The Balaban J connectivity index is 1.26. The van der Waals surface area contributed by atoms with E-state index >= 15 is 0 Å². The predicted molar refractivity (Wildman–Crippen MR) is 112 cm³/mol. The van der Waals surface area contributed by atoms with Gasteiger partial charge in [-0.1, -0.05) is 0 Å². The molecule has 0 radical (unpaired) electrons. The number of benzene rings is 1. The number of rotatable bonds is 4. The summed E-state index contributed by atoms with van der Waals surface area (Å²) in [6.07, 6.45) is 6.47. The van der Waals surface area contributed by atoms with Gasteiger partial charge in [0.2, 0.25) is 0 Å². The van der Waals surface area contributed by atoms with Gasteiger partial charge < -0.3 is 15.5 Å². The molecule has 0 spiro atoms. The summed E-state index contributed by atoms with van der Waals surface area (Å²) < 4.78 is 1.60. The summed E-state index contributed by atoms with van der Waals surface area (Å²) >= 11 is 1.58. The first kappa shape index (κ1) is 19.1. The summed E-state index contributed by atoms with van der Waals surface area (Å²) in [6.45, 7) is 1.20.